The number of hydrogen-bond acceptors (Lipinski definition) is 6. The number of carbonyl (C=O) groups excluding carboxylic acids is 2. The fourth-order valence-electron chi connectivity index (χ4n) is 2.25. The zero-order chi connectivity index (χ0) is 15.9. The number of aromatic nitrogens is 1. The summed E-state index contributed by atoms with van der Waals surface area (Å²) < 4.78 is 0. The van der Waals surface area contributed by atoms with E-state index >= 15 is 0 Å². The number of nitrogens with two attached hydrogens (primary N) is 1. The van der Waals surface area contributed by atoms with Crippen LogP contribution >= 0.6 is 0 Å². The number of ketones is 2. The van der Waals surface area contributed by atoms with E-state index in [1.165, 1.54) is 30.3 Å². The van der Waals surface area contributed by atoms with Crippen molar-refractivity contribution >= 4 is 17.3 Å². The zero-order valence-corrected chi connectivity index (χ0v) is 11.1. The first kappa shape index (κ1) is 13.6. The van der Waals surface area contributed by atoms with Crippen LogP contribution in [-0.4, -0.2) is 21.5 Å². The lowest BCUT2D eigenvalue weighted by molar-refractivity contribution is -0.384. The Morgan fingerprint density at radius 1 is 1.05 bits per heavy atom. The van der Waals surface area contributed by atoms with Gasteiger partial charge in [-0.25, -0.2) is 4.98 Å². The molecule has 7 nitrogen and oxygen atoms in total. The summed E-state index contributed by atoms with van der Waals surface area (Å²) in [6.45, 7) is 0. The van der Waals surface area contributed by atoms with Crippen LogP contribution in [-0.2, 0) is 0 Å². The fourth-order valence-corrected chi connectivity index (χ4v) is 2.25. The van der Waals surface area contributed by atoms with E-state index in [1.807, 2.05) is 0 Å². The number of Topliss-reactive ketones (excluding diaryl/α,β-unsaturated/α-hetero) is 1. The molecular formula is C15H9N3O4. The SMILES string of the molecule is NC1=CC(=O)c2ccc(-c3ccccc3[N+](=O)[O-])nc2C1=O. The maximum atomic E-state index is 12.0. The number of nitrogens with zero attached hydrogens (tertiary/aromatic N) is 2. The van der Waals surface area contributed by atoms with Crippen molar-refractivity contribution in [3.63, 3.8) is 0 Å². The first-order valence-corrected chi connectivity index (χ1v) is 6.30. The Morgan fingerprint density at radius 3 is 2.50 bits per heavy atom. The molecule has 3 rings (SSSR count). The summed E-state index contributed by atoms with van der Waals surface area (Å²) in [7, 11) is 0. The molecule has 22 heavy (non-hydrogen) atoms. The average molecular weight is 295 g/mol. The lowest BCUT2D eigenvalue weighted by atomic mass is 9.96. The van der Waals surface area contributed by atoms with E-state index < -0.39 is 16.5 Å². The van der Waals surface area contributed by atoms with E-state index in [4.69, 9.17) is 5.73 Å². The minimum absolute atomic E-state index is 0.0827. The van der Waals surface area contributed by atoms with Gasteiger partial charge in [0, 0.05) is 12.1 Å². The Morgan fingerprint density at radius 2 is 1.77 bits per heavy atom. The highest BCUT2D eigenvalue weighted by Crippen LogP contribution is 2.29. The molecule has 0 amide bonds. The number of fused-ring (bicyclic) bond motifs is 1. The fraction of sp³-hybridized carbons (Fsp3) is 0. The molecular weight excluding hydrogens is 286 g/mol. The van der Waals surface area contributed by atoms with E-state index in [0.29, 0.717) is 0 Å². The number of hydrogen-bond donors (Lipinski definition) is 1. The Bertz CT molecular complexity index is 871. The van der Waals surface area contributed by atoms with Crippen LogP contribution in [0.15, 0.2) is 48.2 Å². The van der Waals surface area contributed by atoms with E-state index in [0.717, 1.165) is 6.08 Å². The van der Waals surface area contributed by atoms with Crippen molar-refractivity contribution in [1.29, 1.82) is 0 Å². The Kier molecular flexibility index (Phi) is 3.03. The summed E-state index contributed by atoms with van der Waals surface area (Å²) >= 11 is 0. The van der Waals surface area contributed by atoms with Crippen LogP contribution in [0, 0.1) is 10.1 Å². The van der Waals surface area contributed by atoms with E-state index in [-0.39, 0.29) is 33.9 Å². The van der Waals surface area contributed by atoms with E-state index in [2.05, 4.69) is 4.98 Å². The second kappa shape index (κ2) is 4.88. The normalized spacial score (nSPS) is 13.5. The van der Waals surface area contributed by atoms with Gasteiger partial charge in [0.05, 0.1) is 27.4 Å². The highest BCUT2D eigenvalue weighted by Gasteiger charge is 2.27. The molecule has 1 heterocycles. The minimum atomic E-state index is -0.560. The predicted molar refractivity (Wildman–Crippen MR) is 77.3 cm³/mol. The molecule has 1 aromatic heterocycles. The van der Waals surface area contributed by atoms with Crippen molar-refractivity contribution < 1.29 is 14.5 Å². The van der Waals surface area contributed by atoms with Crippen molar-refractivity contribution in [2.75, 3.05) is 0 Å². The van der Waals surface area contributed by atoms with Gasteiger partial charge in [-0.05, 0) is 18.2 Å². The van der Waals surface area contributed by atoms with Crippen molar-refractivity contribution in [2.24, 2.45) is 5.73 Å². The molecule has 7 heteroatoms. The number of pyridine rings is 1. The molecule has 0 unspecified atom stereocenters. The molecule has 2 N–H and O–H groups in total. The van der Waals surface area contributed by atoms with Gasteiger partial charge in [-0.1, -0.05) is 12.1 Å². The maximum Gasteiger partial charge on any atom is 0.278 e. The molecule has 0 fully saturated rings. The van der Waals surface area contributed by atoms with Crippen LogP contribution in [0.5, 0.6) is 0 Å². The van der Waals surface area contributed by atoms with Gasteiger partial charge in [0.2, 0.25) is 5.78 Å². The van der Waals surface area contributed by atoms with Crippen molar-refractivity contribution in [3.8, 4) is 11.3 Å². The van der Waals surface area contributed by atoms with Crippen LogP contribution in [0.25, 0.3) is 11.3 Å². The van der Waals surface area contributed by atoms with E-state index in [9.17, 15) is 19.7 Å². The Labute approximate surface area is 124 Å². The third-order valence-corrected chi connectivity index (χ3v) is 3.30. The molecule has 0 atom stereocenters. The minimum Gasteiger partial charge on any atom is -0.395 e. The number of nitro groups is 1. The van der Waals surface area contributed by atoms with Crippen molar-refractivity contribution in [2.45, 2.75) is 0 Å². The number of para-hydroxylation sites is 1. The number of carbonyl (C=O) groups is 2. The van der Waals surface area contributed by atoms with Crippen molar-refractivity contribution in [1.82, 2.24) is 4.98 Å². The molecule has 1 aromatic carbocycles. The van der Waals surface area contributed by atoms with Gasteiger partial charge in [0.1, 0.15) is 5.69 Å². The van der Waals surface area contributed by atoms with Crippen LogP contribution < -0.4 is 5.73 Å². The van der Waals surface area contributed by atoms with Crippen LogP contribution in [0.2, 0.25) is 0 Å². The highest BCUT2D eigenvalue weighted by atomic mass is 16.6. The molecule has 1 aliphatic rings. The molecule has 0 spiro atoms. The summed E-state index contributed by atoms with van der Waals surface area (Å²) in [4.78, 5) is 38.5. The number of nitro benzene ring substituents is 1. The van der Waals surface area contributed by atoms with Gasteiger partial charge in [-0.3, -0.25) is 19.7 Å². The topological polar surface area (TPSA) is 116 Å². The highest BCUT2D eigenvalue weighted by molar-refractivity contribution is 6.23. The lowest BCUT2D eigenvalue weighted by Gasteiger charge is -2.12. The zero-order valence-electron chi connectivity index (χ0n) is 11.1. The molecule has 0 saturated carbocycles. The molecule has 0 aliphatic heterocycles. The van der Waals surface area contributed by atoms with Crippen molar-refractivity contribution in [3.05, 3.63) is 69.5 Å². The first-order valence-electron chi connectivity index (χ1n) is 6.30. The number of benzene rings is 1. The Hall–Kier alpha value is -3.35. The lowest BCUT2D eigenvalue weighted by Crippen LogP contribution is -2.23. The molecule has 0 bridgehead atoms. The monoisotopic (exact) mass is 295 g/mol. The second-order valence-electron chi connectivity index (χ2n) is 4.66. The van der Waals surface area contributed by atoms with Gasteiger partial charge in [0.25, 0.3) is 5.69 Å². The third kappa shape index (κ3) is 2.05. The van der Waals surface area contributed by atoms with Gasteiger partial charge >= 0.3 is 0 Å². The standard InChI is InChI=1S/C15H9N3O4/c16-10-7-13(19)9-5-6-11(17-14(9)15(10)20)8-3-1-2-4-12(8)18(21)22/h1-7H,16H2. The number of allylic oxidation sites excluding steroid dienone is 2. The summed E-state index contributed by atoms with van der Waals surface area (Å²) in [5, 5.41) is 11.1. The van der Waals surface area contributed by atoms with Crippen LogP contribution in [0.4, 0.5) is 5.69 Å². The largest absolute Gasteiger partial charge is 0.395 e. The van der Waals surface area contributed by atoms with Crippen LogP contribution in [0.3, 0.4) is 0 Å². The van der Waals surface area contributed by atoms with Gasteiger partial charge in [-0.15, -0.1) is 0 Å². The van der Waals surface area contributed by atoms with E-state index in [1.54, 1.807) is 6.07 Å². The maximum absolute atomic E-state index is 12.0. The molecule has 0 radical (unpaired) electrons. The summed E-state index contributed by atoms with van der Waals surface area (Å²) in [6, 6.07) is 8.94. The summed E-state index contributed by atoms with van der Waals surface area (Å²) in [5.74, 6) is -0.969. The number of rotatable bonds is 2. The molecule has 1 aliphatic carbocycles. The third-order valence-electron chi connectivity index (χ3n) is 3.30. The molecule has 108 valence electrons. The molecule has 2 aromatic rings. The van der Waals surface area contributed by atoms with Gasteiger partial charge in [-0.2, -0.15) is 0 Å². The summed E-state index contributed by atoms with van der Waals surface area (Å²) in [6.07, 6.45) is 1.05. The smallest absolute Gasteiger partial charge is 0.278 e. The second-order valence-corrected chi connectivity index (χ2v) is 4.66. The van der Waals surface area contributed by atoms with Gasteiger partial charge < -0.3 is 5.73 Å². The predicted octanol–water partition coefficient (Wildman–Crippen LogP) is 1.88. The Balaban J connectivity index is 2.20. The summed E-state index contributed by atoms with van der Waals surface area (Å²) in [5.41, 5.74) is 5.73. The average Bonchev–Trinajstić information content (AvgIpc) is 2.52. The van der Waals surface area contributed by atoms with Crippen LogP contribution in [0.1, 0.15) is 20.8 Å². The van der Waals surface area contributed by atoms with Gasteiger partial charge in [0.15, 0.2) is 5.78 Å². The first-order chi connectivity index (χ1) is 10.5. The molecule has 0 saturated heterocycles. The quantitative estimate of drug-likeness (QED) is 0.667.